The van der Waals surface area contributed by atoms with E-state index in [0.29, 0.717) is 28.5 Å². The van der Waals surface area contributed by atoms with E-state index in [2.05, 4.69) is 46.0 Å². The summed E-state index contributed by atoms with van der Waals surface area (Å²) in [5.74, 6) is 0.266. The van der Waals surface area contributed by atoms with Crippen LogP contribution in [-0.4, -0.2) is 60.2 Å². The Hall–Kier alpha value is -3.14. The Morgan fingerprint density at radius 2 is 1.86 bits per heavy atom. The number of nitrogens with zero attached hydrogens (tertiary/aromatic N) is 5. The third kappa shape index (κ3) is 5.80. The van der Waals surface area contributed by atoms with Gasteiger partial charge in [-0.1, -0.05) is 23.2 Å². The largest absolute Gasteiger partial charge is 0.420 e. The SMILES string of the molecule is C[C@@H]1CN(c2ccc(Nc3nccc(N(C)C(=O)Oc4cc(Cl)ccc4Cl)n3)cc2F)C[C@H](C)N1C. The summed E-state index contributed by atoms with van der Waals surface area (Å²) in [5, 5.41) is 3.62. The lowest BCUT2D eigenvalue weighted by atomic mass is 10.1. The number of aromatic nitrogens is 2. The zero-order valence-electron chi connectivity index (χ0n) is 20.4. The highest BCUT2D eigenvalue weighted by Crippen LogP contribution is 2.29. The lowest BCUT2D eigenvalue weighted by molar-refractivity contribution is 0.169. The minimum atomic E-state index is -0.713. The third-order valence-electron chi connectivity index (χ3n) is 6.25. The van der Waals surface area contributed by atoms with Crippen LogP contribution in [0.4, 0.5) is 32.3 Å². The van der Waals surface area contributed by atoms with E-state index >= 15 is 4.39 Å². The van der Waals surface area contributed by atoms with Gasteiger partial charge in [0.1, 0.15) is 11.6 Å². The van der Waals surface area contributed by atoms with Crippen LogP contribution in [0.25, 0.3) is 0 Å². The molecule has 0 saturated carbocycles. The molecule has 11 heteroatoms. The number of likely N-dealkylation sites (N-methyl/N-ethyl adjacent to an activating group) is 1. The quantitative estimate of drug-likeness (QED) is 0.443. The van der Waals surface area contributed by atoms with Gasteiger partial charge in [-0.25, -0.2) is 14.2 Å². The third-order valence-corrected chi connectivity index (χ3v) is 6.80. The standard InChI is InChI=1S/C25H27Cl2FN6O2/c1-15-13-34(14-16(2)32(15)3)21-8-6-18(12-20(21)28)30-24-29-10-9-23(31-24)33(4)25(35)36-22-11-17(26)5-7-19(22)27/h5-12,15-16H,13-14H2,1-4H3,(H,29,30,31)/t15-,16+. The predicted octanol–water partition coefficient (Wildman–Crippen LogP) is 5.83. The van der Waals surface area contributed by atoms with E-state index in [9.17, 15) is 4.79 Å². The fraction of sp³-hybridized carbons (Fsp3) is 0.320. The van der Waals surface area contributed by atoms with Crippen LogP contribution in [0, 0.1) is 5.82 Å². The molecule has 1 saturated heterocycles. The maximum atomic E-state index is 15.0. The van der Waals surface area contributed by atoms with E-state index in [1.807, 2.05) is 0 Å². The molecule has 1 aliphatic heterocycles. The van der Waals surface area contributed by atoms with Gasteiger partial charge in [0.15, 0.2) is 5.75 Å². The fourth-order valence-electron chi connectivity index (χ4n) is 3.98. The van der Waals surface area contributed by atoms with Crippen molar-refractivity contribution in [3.63, 3.8) is 0 Å². The van der Waals surface area contributed by atoms with Crippen LogP contribution in [0.15, 0.2) is 48.7 Å². The monoisotopic (exact) mass is 532 g/mol. The van der Waals surface area contributed by atoms with Gasteiger partial charge in [0.05, 0.1) is 10.7 Å². The van der Waals surface area contributed by atoms with Gasteiger partial charge in [-0.05, 0) is 57.3 Å². The molecule has 0 aliphatic carbocycles. The molecule has 8 nitrogen and oxygen atoms in total. The van der Waals surface area contributed by atoms with Gasteiger partial charge < -0.3 is 15.0 Å². The molecule has 0 bridgehead atoms. The lowest BCUT2D eigenvalue weighted by Gasteiger charge is -2.43. The summed E-state index contributed by atoms with van der Waals surface area (Å²) in [6.07, 6.45) is 0.772. The van der Waals surface area contributed by atoms with Gasteiger partial charge in [-0.15, -0.1) is 0 Å². The first-order chi connectivity index (χ1) is 17.1. The highest BCUT2D eigenvalue weighted by atomic mass is 35.5. The number of halogens is 3. The molecular weight excluding hydrogens is 506 g/mol. The number of nitrogens with one attached hydrogen (secondary N) is 1. The molecule has 2 heterocycles. The van der Waals surface area contributed by atoms with Crippen molar-refractivity contribution in [2.75, 3.05) is 42.3 Å². The van der Waals surface area contributed by atoms with Crippen molar-refractivity contribution >= 4 is 52.4 Å². The molecule has 0 spiro atoms. The number of amides is 1. The Kier molecular flexibility index (Phi) is 7.82. The average Bonchev–Trinajstić information content (AvgIpc) is 2.84. The van der Waals surface area contributed by atoms with Crippen molar-refractivity contribution in [3.05, 3.63) is 64.5 Å². The van der Waals surface area contributed by atoms with Crippen LogP contribution in [0.1, 0.15) is 13.8 Å². The second-order valence-corrected chi connectivity index (χ2v) is 9.64. The molecule has 2 aromatic carbocycles. The van der Waals surface area contributed by atoms with E-state index < -0.39 is 6.09 Å². The molecular formula is C25H27Cl2FN6O2. The topological polar surface area (TPSA) is 73.8 Å². The summed E-state index contributed by atoms with van der Waals surface area (Å²) < 4.78 is 20.4. The Morgan fingerprint density at radius 3 is 2.56 bits per heavy atom. The minimum absolute atomic E-state index is 0.133. The smallest absolute Gasteiger partial charge is 0.408 e. The normalized spacial score (nSPS) is 18.1. The number of hydrogen-bond acceptors (Lipinski definition) is 7. The molecule has 4 rings (SSSR count). The van der Waals surface area contributed by atoms with E-state index in [1.165, 1.54) is 36.3 Å². The number of carbonyl (C=O) groups excluding carboxylic acids is 1. The second-order valence-electron chi connectivity index (χ2n) is 8.80. The minimum Gasteiger partial charge on any atom is -0.408 e. The summed E-state index contributed by atoms with van der Waals surface area (Å²) in [6.45, 7) is 5.77. The van der Waals surface area contributed by atoms with E-state index in [4.69, 9.17) is 27.9 Å². The molecule has 2 atom stereocenters. The van der Waals surface area contributed by atoms with Crippen LogP contribution in [0.5, 0.6) is 5.75 Å². The lowest BCUT2D eigenvalue weighted by Crippen LogP contribution is -2.55. The average molecular weight is 533 g/mol. The van der Waals surface area contributed by atoms with Crippen LogP contribution in [0.3, 0.4) is 0 Å². The van der Waals surface area contributed by atoms with Crippen LogP contribution < -0.4 is 19.9 Å². The number of anilines is 4. The summed E-state index contributed by atoms with van der Waals surface area (Å²) in [7, 11) is 3.59. The molecule has 0 unspecified atom stereocenters. The van der Waals surface area contributed by atoms with Gasteiger partial charge >= 0.3 is 6.09 Å². The van der Waals surface area contributed by atoms with Crippen molar-refractivity contribution in [1.29, 1.82) is 0 Å². The van der Waals surface area contributed by atoms with Crippen LogP contribution in [0.2, 0.25) is 10.0 Å². The number of benzene rings is 2. The van der Waals surface area contributed by atoms with E-state index in [0.717, 1.165) is 13.1 Å². The number of hydrogen-bond donors (Lipinski definition) is 1. The first-order valence-electron chi connectivity index (χ1n) is 11.4. The van der Waals surface area contributed by atoms with E-state index in [-0.39, 0.29) is 28.4 Å². The summed E-state index contributed by atoms with van der Waals surface area (Å²) in [6, 6.07) is 11.7. The summed E-state index contributed by atoms with van der Waals surface area (Å²) >= 11 is 12.0. The van der Waals surface area contributed by atoms with Gasteiger partial charge in [-0.3, -0.25) is 9.80 Å². The number of piperazine rings is 1. The molecule has 190 valence electrons. The number of rotatable bonds is 5. The maximum absolute atomic E-state index is 15.0. The summed E-state index contributed by atoms with van der Waals surface area (Å²) in [4.78, 5) is 26.7. The Bertz CT molecular complexity index is 1250. The van der Waals surface area contributed by atoms with Gasteiger partial charge in [-0.2, -0.15) is 4.98 Å². The zero-order valence-corrected chi connectivity index (χ0v) is 21.9. The highest BCUT2D eigenvalue weighted by molar-refractivity contribution is 6.34. The molecule has 0 radical (unpaired) electrons. The number of carbonyl (C=O) groups is 1. The molecule has 1 amide bonds. The molecule has 1 aliphatic rings. The van der Waals surface area contributed by atoms with Crippen molar-refractivity contribution in [3.8, 4) is 5.75 Å². The van der Waals surface area contributed by atoms with Crippen molar-refractivity contribution in [2.45, 2.75) is 25.9 Å². The van der Waals surface area contributed by atoms with Crippen molar-refractivity contribution in [1.82, 2.24) is 14.9 Å². The molecule has 1 fully saturated rings. The van der Waals surface area contributed by atoms with Gasteiger partial charge in [0.2, 0.25) is 5.95 Å². The van der Waals surface area contributed by atoms with E-state index in [1.54, 1.807) is 24.3 Å². The Labute approximate surface area is 219 Å². The molecule has 1 N–H and O–H groups in total. The molecule has 3 aromatic rings. The second kappa shape index (κ2) is 10.9. The van der Waals surface area contributed by atoms with Crippen molar-refractivity contribution in [2.24, 2.45) is 0 Å². The molecule has 1 aromatic heterocycles. The first-order valence-corrected chi connectivity index (χ1v) is 12.1. The van der Waals surface area contributed by atoms with Gasteiger partial charge in [0, 0.05) is 55.2 Å². The summed E-state index contributed by atoms with van der Waals surface area (Å²) in [5.41, 5.74) is 1.05. The molecule has 36 heavy (non-hydrogen) atoms. The Balaban J connectivity index is 1.45. The zero-order chi connectivity index (χ0) is 26.0. The van der Waals surface area contributed by atoms with Crippen LogP contribution in [-0.2, 0) is 0 Å². The Morgan fingerprint density at radius 1 is 1.14 bits per heavy atom. The van der Waals surface area contributed by atoms with Gasteiger partial charge in [0.25, 0.3) is 0 Å². The fourth-order valence-corrected chi connectivity index (χ4v) is 4.30. The highest BCUT2D eigenvalue weighted by Gasteiger charge is 2.28. The first kappa shape index (κ1) is 25.9. The van der Waals surface area contributed by atoms with Crippen molar-refractivity contribution < 1.29 is 13.9 Å². The number of ether oxygens (including phenoxy) is 1. The predicted molar refractivity (Wildman–Crippen MR) is 142 cm³/mol. The van der Waals surface area contributed by atoms with Crippen LogP contribution >= 0.6 is 23.2 Å². The maximum Gasteiger partial charge on any atom is 0.420 e.